The van der Waals surface area contributed by atoms with E-state index < -0.39 is 17.7 Å². The van der Waals surface area contributed by atoms with Crippen molar-refractivity contribution >= 4 is 0 Å². The van der Waals surface area contributed by atoms with Crippen LogP contribution in [0, 0.1) is 23.0 Å². The van der Waals surface area contributed by atoms with Crippen LogP contribution in [-0.2, 0) is 6.61 Å². The fraction of sp³-hybridized carbons (Fsp3) is 0.188. The zero-order valence-corrected chi connectivity index (χ0v) is 11.3. The molecule has 0 amide bonds. The molecule has 0 fully saturated rings. The number of benzene rings is 2. The zero-order chi connectivity index (χ0) is 15.4. The van der Waals surface area contributed by atoms with Crippen LogP contribution in [-0.4, -0.2) is 5.11 Å². The highest BCUT2D eigenvalue weighted by molar-refractivity contribution is 5.36. The minimum absolute atomic E-state index is 0.124. The molecule has 0 heterocycles. The van der Waals surface area contributed by atoms with Gasteiger partial charge in [-0.25, -0.2) is 8.78 Å². The van der Waals surface area contributed by atoms with E-state index in [4.69, 9.17) is 10.00 Å². The van der Waals surface area contributed by atoms with Gasteiger partial charge in [0.2, 0.25) is 0 Å². The van der Waals surface area contributed by atoms with E-state index in [0.717, 1.165) is 12.1 Å². The van der Waals surface area contributed by atoms with Crippen molar-refractivity contribution in [1.29, 1.82) is 5.26 Å². The second kappa shape index (κ2) is 6.33. The van der Waals surface area contributed by atoms with E-state index in [-0.39, 0.29) is 23.5 Å². The SMILES string of the molecule is C[C@H](O)c1ccc(F)cc1OCc1ccc(C#N)cc1F. The molecule has 5 heteroatoms. The number of halogens is 2. The van der Waals surface area contributed by atoms with Crippen LogP contribution in [0.15, 0.2) is 36.4 Å². The Hall–Kier alpha value is -2.45. The molecule has 0 aliphatic rings. The summed E-state index contributed by atoms with van der Waals surface area (Å²) in [6.07, 6.45) is -0.827. The summed E-state index contributed by atoms with van der Waals surface area (Å²) in [4.78, 5) is 0. The molecule has 0 spiro atoms. The fourth-order valence-corrected chi connectivity index (χ4v) is 1.87. The molecular formula is C16H13F2NO2. The highest BCUT2D eigenvalue weighted by Crippen LogP contribution is 2.27. The lowest BCUT2D eigenvalue weighted by Gasteiger charge is -2.14. The molecule has 2 aromatic rings. The van der Waals surface area contributed by atoms with Crippen LogP contribution in [0.2, 0.25) is 0 Å². The van der Waals surface area contributed by atoms with Crippen molar-refractivity contribution in [3.63, 3.8) is 0 Å². The van der Waals surface area contributed by atoms with Crippen molar-refractivity contribution in [2.75, 3.05) is 0 Å². The van der Waals surface area contributed by atoms with Crippen molar-refractivity contribution in [2.24, 2.45) is 0 Å². The van der Waals surface area contributed by atoms with Crippen LogP contribution in [0.4, 0.5) is 8.78 Å². The molecule has 0 radical (unpaired) electrons. The van der Waals surface area contributed by atoms with Gasteiger partial charge in [0.05, 0.1) is 17.7 Å². The minimum atomic E-state index is -0.827. The van der Waals surface area contributed by atoms with Gasteiger partial charge >= 0.3 is 0 Å². The highest BCUT2D eigenvalue weighted by atomic mass is 19.1. The second-order valence-electron chi connectivity index (χ2n) is 4.56. The molecular weight excluding hydrogens is 276 g/mol. The molecule has 1 atom stereocenters. The second-order valence-corrected chi connectivity index (χ2v) is 4.56. The summed E-state index contributed by atoms with van der Waals surface area (Å²) in [6, 6.07) is 9.65. The van der Waals surface area contributed by atoms with Crippen molar-refractivity contribution < 1.29 is 18.6 Å². The summed E-state index contributed by atoms with van der Waals surface area (Å²) in [5.41, 5.74) is 0.881. The molecule has 0 bridgehead atoms. The predicted molar refractivity (Wildman–Crippen MR) is 72.5 cm³/mol. The van der Waals surface area contributed by atoms with Crippen LogP contribution in [0.1, 0.15) is 29.7 Å². The third-order valence-corrected chi connectivity index (χ3v) is 2.99. The van der Waals surface area contributed by atoms with E-state index in [1.165, 1.54) is 31.2 Å². The van der Waals surface area contributed by atoms with E-state index in [0.29, 0.717) is 5.56 Å². The maximum absolute atomic E-state index is 13.7. The Morgan fingerprint density at radius 3 is 2.62 bits per heavy atom. The Morgan fingerprint density at radius 1 is 1.24 bits per heavy atom. The lowest BCUT2D eigenvalue weighted by molar-refractivity contribution is 0.189. The van der Waals surface area contributed by atoms with Crippen molar-refractivity contribution in [2.45, 2.75) is 19.6 Å². The first-order chi connectivity index (χ1) is 10.0. The molecule has 0 aliphatic heterocycles. The first-order valence-corrected chi connectivity index (χ1v) is 6.30. The molecule has 21 heavy (non-hydrogen) atoms. The number of aliphatic hydroxyl groups is 1. The average molecular weight is 289 g/mol. The lowest BCUT2D eigenvalue weighted by Crippen LogP contribution is -2.03. The van der Waals surface area contributed by atoms with Gasteiger partial charge in [0, 0.05) is 17.2 Å². The molecule has 0 aromatic heterocycles. The summed E-state index contributed by atoms with van der Waals surface area (Å²) in [7, 11) is 0. The molecule has 0 unspecified atom stereocenters. The van der Waals surface area contributed by atoms with Gasteiger partial charge in [-0.1, -0.05) is 6.07 Å². The Balaban J connectivity index is 2.20. The smallest absolute Gasteiger partial charge is 0.131 e. The molecule has 1 N–H and O–H groups in total. The summed E-state index contributed by atoms with van der Waals surface area (Å²) >= 11 is 0. The summed E-state index contributed by atoms with van der Waals surface area (Å²) in [6.45, 7) is 1.41. The Bertz CT molecular complexity index is 693. The largest absolute Gasteiger partial charge is 0.488 e. The van der Waals surface area contributed by atoms with Gasteiger partial charge in [-0.15, -0.1) is 0 Å². The molecule has 2 rings (SSSR count). The van der Waals surface area contributed by atoms with E-state index in [9.17, 15) is 13.9 Å². The standard InChI is InChI=1S/C16H13F2NO2/c1-10(20)14-5-4-13(17)7-16(14)21-9-12-3-2-11(8-19)6-15(12)18/h2-7,10,20H,9H2,1H3/t10-/m0/s1. The first-order valence-electron chi connectivity index (χ1n) is 6.30. The Labute approximate surface area is 121 Å². The van der Waals surface area contributed by atoms with Gasteiger partial charge in [-0.05, 0) is 31.2 Å². The number of hydrogen-bond donors (Lipinski definition) is 1. The van der Waals surface area contributed by atoms with E-state index in [2.05, 4.69) is 0 Å². The summed E-state index contributed by atoms with van der Waals surface area (Å²) in [5, 5.41) is 18.3. The van der Waals surface area contributed by atoms with E-state index in [1.807, 2.05) is 6.07 Å². The van der Waals surface area contributed by atoms with Gasteiger partial charge in [0.25, 0.3) is 0 Å². The van der Waals surface area contributed by atoms with Crippen LogP contribution >= 0.6 is 0 Å². The van der Waals surface area contributed by atoms with Gasteiger partial charge < -0.3 is 9.84 Å². The topological polar surface area (TPSA) is 53.2 Å². The highest BCUT2D eigenvalue weighted by Gasteiger charge is 2.12. The van der Waals surface area contributed by atoms with Crippen LogP contribution in [0.5, 0.6) is 5.75 Å². The Kier molecular flexibility index (Phi) is 4.51. The maximum Gasteiger partial charge on any atom is 0.131 e. The third kappa shape index (κ3) is 3.56. The predicted octanol–water partition coefficient (Wildman–Crippen LogP) is 3.47. The number of hydrogen-bond acceptors (Lipinski definition) is 3. The molecule has 108 valence electrons. The van der Waals surface area contributed by atoms with Gasteiger partial charge in [-0.2, -0.15) is 5.26 Å². The Morgan fingerprint density at radius 2 is 2.00 bits per heavy atom. The first kappa shape index (κ1) is 14.9. The van der Waals surface area contributed by atoms with Crippen LogP contribution in [0.3, 0.4) is 0 Å². The van der Waals surface area contributed by atoms with Crippen LogP contribution < -0.4 is 4.74 Å². The van der Waals surface area contributed by atoms with Crippen molar-refractivity contribution in [3.05, 3.63) is 64.7 Å². The number of rotatable bonds is 4. The van der Waals surface area contributed by atoms with Gasteiger partial charge in [0.1, 0.15) is 24.0 Å². The number of nitriles is 1. The minimum Gasteiger partial charge on any atom is -0.488 e. The molecule has 3 nitrogen and oxygen atoms in total. The molecule has 0 saturated heterocycles. The van der Waals surface area contributed by atoms with Crippen molar-refractivity contribution in [3.8, 4) is 11.8 Å². The number of aliphatic hydroxyl groups excluding tert-OH is 1. The molecule has 0 saturated carbocycles. The summed E-state index contributed by atoms with van der Waals surface area (Å²) < 4.78 is 32.4. The third-order valence-electron chi connectivity index (χ3n) is 2.99. The van der Waals surface area contributed by atoms with E-state index in [1.54, 1.807) is 0 Å². The summed E-state index contributed by atoms with van der Waals surface area (Å²) in [5.74, 6) is -0.910. The molecule has 2 aromatic carbocycles. The zero-order valence-electron chi connectivity index (χ0n) is 11.3. The fourth-order valence-electron chi connectivity index (χ4n) is 1.87. The maximum atomic E-state index is 13.7. The molecule has 0 aliphatic carbocycles. The normalized spacial score (nSPS) is 11.8. The number of ether oxygens (including phenoxy) is 1. The quantitative estimate of drug-likeness (QED) is 0.937. The van der Waals surface area contributed by atoms with Gasteiger partial charge in [0.15, 0.2) is 0 Å². The van der Waals surface area contributed by atoms with E-state index >= 15 is 0 Å². The average Bonchev–Trinajstić information content (AvgIpc) is 2.45. The van der Waals surface area contributed by atoms with Gasteiger partial charge in [-0.3, -0.25) is 0 Å². The lowest BCUT2D eigenvalue weighted by atomic mass is 10.1. The number of nitrogens with zero attached hydrogens (tertiary/aromatic N) is 1. The monoisotopic (exact) mass is 289 g/mol. The van der Waals surface area contributed by atoms with Crippen molar-refractivity contribution in [1.82, 2.24) is 0 Å². The van der Waals surface area contributed by atoms with Crippen LogP contribution in [0.25, 0.3) is 0 Å².